The summed E-state index contributed by atoms with van der Waals surface area (Å²) in [5, 5.41) is 9.28. The molecule has 0 aliphatic heterocycles. The Morgan fingerprint density at radius 3 is 2.81 bits per heavy atom. The number of hydrogen-bond donors (Lipinski definition) is 2. The number of ether oxygens (including phenoxy) is 1. The third-order valence-corrected chi connectivity index (χ3v) is 4.94. The summed E-state index contributed by atoms with van der Waals surface area (Å²) in [6, 6.07) is 14.0. The van der Waals surface area contributed by atoms with Crippen LogP contribution in [-0.4, -0.2) is 21.1 Å². The van der Waals surface area contributed by atoms with Crippen molar-refractivity contribution in [2.75, 3.05) is 5.32 Å². The van der Waals surface area contributed by atoms with Gasteiger partial charge in [0.15, 0.2) is 0 Å². The second-order valence-corrected chi connectivity index (χ2v) is 6.46. The lowest BCUT2D eigenvalue weighted by molar-refractivity contribution is 0.102. The van der Waals surface area contributed by atoms with Crippen LogP contribution in [0, 0.1) is 5.82 Å². The third kappa shape index (κ3) is 3.14. The number of aromatic amines is 1. The summed E-state index contributed by atoms with van der Waals surface area (Å²) in [5.41, 5.74) is 0.504. The first kappa shape index (κ1) is 16.2. The van der Waals surface area contributed by atoms with Gasteiger partial charge >= 0.3 is 0 Å². The summed E-state index contributed by atoms with van der Waals surface area (Å²) in [6.07, 6.45) is 1.29. The van der Waals surface area contributed by atoms with E-state index in [9.17, 15) is 9.18 Å². The highest BCUT2D eigenvalue weighted by atomic mass is 32.1. The van der Waals surface area contributed by atoms with Gasteiger partial charge in [-0.15, -0.1) is 11.3 Å². The van der Waals surface area contributed by atoms with Crippen molar-refractivity contribution in [1.82, 2.24) is 15.2 Å². The van der Waals surface area contributed by atoms with Gasteiger partial charge in [-0.05, 0) is 24.3 Å². The number of fused-ring (bicyclic) bond motifs is 1. The molecule has 4 aromatic rings. The summed E-state index contributed by atoms with van der Waals surface area (Å²) in [6.45, 7) is 0.0735. The molecule has 0 atom stereocenters. The predicted octanol–water partition coefficient (Wildman–Crippen LogP) is 3.99. The number of thiophene rings is 1. The van der Waals surface area contributed by atoms with E-state index in [-0.39, 0.29) is 18.4 Å². The molecular formula is C18H13FN4O2S. The number of amides is 1. The van der Waals surface area contributed by atoms with Gasteiger partial charge in [0.2, 0.25) is 5.95 Å². The first-order chi connectivity index (χ1) is 12.7. The summed E-state index contributed by atoms with van der Waals surface area (Å²) in [5.74, 6) is 0.0887. The quantitative estimate of drug-likeness (QED) is 0.558. The number of rotatable bonds is 5. The maximum Gasteiger partial charge on any atom is 0.268 e. The molecule has 6 nitrogen and oxygen atoms in total. The zero-order valence-electron chi connectivity index (χ0n) is 13.4. The normalized spacial score (nSPS) is 10.8. The second kappa shape index (κ2) is 6.93. The average molecular weight is 368 g/mol. The van der Waals surface area contributed by atoms with Gasteiger partial charge in [-0.2, -0.15) is 10.1 Å². The first-order valence-corrected chi connectivity index (χ1v) is 8.58. The van der Waals surface area contributed by atoms with Crippen LogP contribution in [0.2, 0.25) is 0 Å². The van der Waals surface area contributed by atoms with Crippen molar-refractivity contribution in [2.45, 2.75) is 6.61 Å². The zero-order valence-corrected chi connectivity index (χ0v) is 14.2. The molecule has 26 heavy (non-hydrogen) atoms. The van der Waals surface area contributed by atoms with E-state index in [0.717, 1.165) is 0 Å². The smallest absolute Gasteiger partial charge is 0.268 e. The Morgan fingerprint density at radius 2 is 2.04 bits per heavy atom. The van der Waals surface area contributed by atoms with Gasteiger partial charge in [0.1, 0.15) is 29.4 Å². The Morgan fingerprint density at radius 1 is 1.19 bits per heavy atom. The molecule has 0 fully saturated rings. The van der Waals surface area contributed by atoms with Crippen LogP contribution >= 0.6 is 11.3 Å². The van der Waals surface area contributed by atoms with Gasteiger partial charge < -0.3 is 4.74 Å². The molecule has 0 aliphatic carbocycles. The molecule has 0 saturated heterocycles. The molecule has 8 heteroatoms. The lowest BCUT2D eigenvalue weighted by Crippen LogP contribution is -2.14. The Labute approximate surface area is 151 Å². The molecule has 0 saturated carbocycles. The highest BCUT2D eigenvalue weighted by Crippen LogP contribution is 2.34. The number of halogens is 1. The van der Waals surface area contributed by atoms with E-state index in [0.29, 0.717) is 26.3 Å². The number of anilines is 1. The van der Waals surface area contributed by atoms with Crippen LogP contribution in [0.4, 0.5) is 10.3 Å². The maximum atomic E-state index is 14.4. The molecule has 0 aliphatic rings. The number of carbonyl (C=O) groups excluding carboxylic acids is 1. The molecule has 130 valence electrons. The average Bonchev–Trinajstić information content (AvgIpc) is 3.29. The first-order valence-electron chi connectivity index (χ1n) is 7.77. The van der Waals surface area contributed by atoms with Crippen molar-refractivity contribution in [1.29, 1.82) is 0 Å². The Balaban J connectivity index is 1.71. The van der Waals surface area contributed by atoms with Crippen LogP contribution in [0.25, 0.3) is 10.1 Å². The molecule has 2 aromatic heterocycles. The van der Waals surface area contributed by atoms with Crippen LogP contribution < -0.4 is 10.1 Å². The SMILES string of the molecule is O=C(Nc1ncn[nH]1)c1sc2cccc(F)c2c1COc1ccccc1. The molecule has 2 heterocycles. The Hall–Kier alpha value is -3.26. The fraction of sp³-hybridized carbons (Fsp3) is 0.0556. The second-order valence-electron chi connectivity index (χ2n) is 5.41. The van der Waals surface area contributed by atoms with E-state index in [2.05, 4.69) is 20.5 Å². The van der Waals surface area contributed by atoms with E-state index in [1.165, 1.54) is 23.7 Å². The van der Waals surface area contributed by atoms with Crippen LogP contribution in [0.3, 0.4) is 0 Å². The van der Waals surface area contributed by atoms with Gasteiger partial charge in [-0.25, -0.2) is 9.49 Å². The molecule has 0 bridgehead atoms. The summed E-state index contributed by atoms with van der Waals surface area (Å²) < 4.78 is 20.9. The Kier molecular flexibility index (Phi) is 4.32. The van der Waals surface area contributed by atoms with Gasteiger partial charge in [0.25, 0.3) is 5.91 Å². The minimum atomic E-state index is -0.394. The number of benzene rings is 2. The molecule has 0 radical (unpaired) electrons. The number of nitrogens with zero attached hydrogens (tertiary/aromatic N) is 2. The van der Waals surface area contributed by atoms with Crippen molar-refractivity contribution < 1.29 is 13.9 Å². The van der Waals surface area contributed by atoms with Crippen molar-refractivity contribution >= 4 is 33.3 Å². The molecule has 4 rings (SSSR count). The zero-order chi connectivity index (χ0) is 17.9. The molecule has 0 spiro atoms. The van der Waals surface area contributed by atoms with Gasteiger partial charge in [0.05, 0.1) is 0 Å². The topological polar surface area (TPSA) is 79.9 Å². The van der Waals surface area contributed by atoms with Crippen molar-refractivity contribution in [3.8, 4) is 5.75 Å². The van der Waals surface area contributed by atoms with E-state index in [1.54, 1.807) is 24.3 Å². The highest BCUT2D eigenvalue weighted by Gasteiger charge is 2.22. The van der Waals surface area contributed by atoms with Crippen LogP contribution in [0.5, 0.6) is 5.75 Å². The molecule has 0 unspecified atom stereocenters. The third-order valence-electron chi connectivity index (χ3n) is 3.74. The van der Waals surface area contributed by atoms with E-state index in [4.69, 9.17) is 4.74 Å². The fourth-order valence-electron chi connectivity index (χ4n) is 2.59. The highest BCUT2D eigenvalue weighted by molar-refractivity contribution is 7.21. The number of H-pyrrole nitrogens is 1. The Bertz CT molecular complexity index is 1050. The van der Waals surface area contributed by atoms with Crippen LogP contribution in [-0.2, 0) is 6.61 Å². The molecule has 2 N–H and O–H groups in total. The van der Waals surface area contributed by atoms with E-state index in [1.807, 2.05) is 18.2 Å². The van der Waals surface area contributed by atoms with Crippen molar-refractivity contribution in [3.63, 3.8) is 0 Å². The lowest BCUT2D eigenvalue weighted by Gasteiger charge is -2.08. The lowest BCUT2D eigenvalue weighted by atomic mass is 10.1. The van der Waals surface area contributed by atoms with Gasteiger partial charge in [-0.3, -0.25) is 10.1 Å². The minimum Gasteiger partial charge on any atom is -0.489 e. The number of hydrogen-bond acceptors (Lipinski definition) is 5. The number of carbonyl (C=O) groups is 1. The van der Waals surface area contributed by atoms with E-state index >= 15 is 0 Å². The summed E-state index contributed by atoms with van der Waals surface area (Å²) in [7, 11) is 0. The van der Waals surface area contributed by atoms with E-state index < -0.39 is 5.91 Å². The molecular weight excluding hydrogens is 355 g/mol. The minimum absolute atomic E-state index is 0.0735. The predicted molar refractivity (Wildman–Crippen MR) is 96.9 cm³/mol. The van der Waals surface area contributed by atoms with Crippen molar-refractivity contribution in [3.05, 3.63) is 71.1 Å². The maximum absolute atomic E-state index is 14.4. The fourth-order valence-corrected chi connectivity index (χ4v) is 3.71. The van der Waals surface area contributed by atoms with Crippen LogP contribution in [0.1, 0.15) is 15.2 Å². The summed E-state index contributed by atoms with van der Waals surface area (Å²) in [4.78, 5) is 16.9. The number of aromatic nitrogens is 3. The monoisotopic (exact) mass is 368 g/mol. The molecule has 2 aromatic carbocycles. The largest absolute Gasteiger partial charge is 0.489 e. The van der Waals surface area contributed by atoms with Gasteiger partial charge in [0, 0.05) is 15.6 Å². The van der Waals surface area contributed by atoms with Gasteiger partial charge in [-0.1, -0.05) is 24.3 Å². The molecule has 1 amide bonds. The number of para-hydroxylation sites is 1. The summed E-state index contributed by atoms with van der Waals surface area (Å²) >= 11 is 1.21. The van der Waals surface area contributed by atoms with Crippen LogP contribution in [0.15, 0.2) is 54.9 Å². The standard InChI is InChI=1S/C18H13FN4O2S/c19-13-7-4-8-14-15(13)12(9-25-11-5-2-1-3-6-11)16(26-14)17(24)22-18-20-10-21-23-18/h1-8,10H,9H2,(H2,20,21,22,23,24). The van der Waals surface area contributed by atoms with Crippen molar-refractivity contribution in [2.24, 2.45) is 0 Å². The number of nitrogens with one attached hydrogen (secondary N) is 2.